The second kappa shape index (κ2) is 2.98. The number of rotatable bonds is 1. The van der Waals surface area contributed by atoms with Crippen LogP contribution in [-0.2, 0) is 0 Å². The fourth-order valence-electron chi connectivity index (χ4n) is 0.961. The van der Waals surface area contributed by atoms with Crippen LogP contribution in [0, 0.1) is 12.8 Å². The molecule has 0 spiro atoms. The molecule has 0 bridgehead atoms. The highest BCUT2D eigenvalue weighted by molar-refractivity contribution is 5.06. The average molecular weight is 110 g/mol. The smallest absolute Gasteiger partial charge is 0.0896 e. The molecule has 8 heavy (non-hydrogen) atoms. The Morgan fingerprint density at radius 1 is 1.62 bits per heavy atom. The Hall–Kier alpha value is -0.170. The van der Waals surface area contributed by atoms with Crippen LogP contribution < -0.4 is 0 Å². The van der Waals surface area contributed by atoms with Crippen LogP contribution in [-0.4, -0.2) is 13.1 Å². The van der Waals surface area contributed by atoms with Gasteiger partial charge in [-0.25, -0.2) is 0 Å². The van der Waals surface area contributed by atoms with E-state index in [9.17, 15) is 0 Å². The van der Waals surface area contributed by atoms with Gasteiger partial charge in [-0.1, -0.05) is 6.42 Å². The molecule has 1 saturated heterocycles. The zero-order valence-corrected chi connectivity index (χ0v) is 5.19. The maximum atomic E-state index is 4.25. The van der Waals surface area contributed by atoms with Crippen LogP contribution in [0.1, 0.15) is 19.3 Å². The van der Waals surface area contributed by atoms with Crippen molar-refractivity contribution in [2.75, 3.05) is 13.1 Å². The number of piperidine rings is 1. The SMILES string of the molecule is [CH2+]C[C]1CCC[N-]C1. The minimum absolute atomic E-state index is 0.990. The van der Waals surface area contributed by atoms with Crippen molar-refractivity contribution in [3.63, 3.8) is 0 Å². The van der Waals surface area contributed by atoms with Crippen molar-refractivity contribution in [2.45, 2.75) is 19.3 Å². The topological polar surface area (TPSA) is 14.1 Å². The zero-order chi connectivity index (χ0) is 5.82. The average Bonchev–Trinajstić information content (AvgIpc) is 1.90. The van der Waals surface area contributed by atoms with Gasteiger partial charge >= 0.3 is 0 Å². The Labute approximate surface area is 51.5 Å². The van der Waals surface area contributed by atoms with Gasteiger partial charge in [0, 0.05) is 0 Å². The minimum atomic E-state index is 0.990. The lowest BCUT2D eigenvalue weighted by atomic mass is 9.97. The van der Waals surface area contributed by atoms with Crippen LogP contribution in [0.4, 0.5) is 0 Å². The molecule has 0 saturated carbocycles. The third-order valence-corrected chi connectivity index (χ3v) is 1.54. The first kappa shape index (κ1) is 5.96. The highest BCUT2D eigenvalue weighted by Gasteiger charge is 2.06. The third-order valence-electron chi connectivity index (χ3n) is 1.54. The van der Waals surface area contributed by atoms with Crippen molar-refractivity contribution < 1.29 is 0 Å². The molecular weight excluding hydrogens is 98.1 g/mol. The summed E-state index contributed by atoms with van der Waals surface area (Å²) in [5.74, 6) is 1.52. The van der Waals surface area contributed by atoms with Crippen molar-refractivity contribution in [2.24, 2.45) is 0 Å². The van der Waals surface area contributed by atoms with Gasteiger partial charge in [-0.3, -0.25) is 0 Å². The van der Waals surface area contributed by atoms with E-state index in [2.05, 4.69) is 12.2 Å². The molecule has 1 aliphatic rings. The predicted octanol–water partition coefficient (Wildman–Crippen LogP) is 1.95. The molecule has 45 valence electrons. The molecule has 1 fully saturated rings. The van der Waals surface area contributed by atoms with Gasteiger partial charge in [-0.15, -0.1) is 13.1 Å². The summed E-state index contributed by atoms with van der Waals surface area (Å²) in [5.41, 5.74) is 0. The van der Waals surface area contributed by atoms with Gasteiger partial charge in [0.1, 0.15) is 0 Å². The van der Waals surface area contributed by atoms with Gasteiger partial charge in [0.2, 0.25) is 0 Å². The van der Waals surface area contributed by atoms with E-state index in [0.29, 0.717) is 0 Å². The predicted molar refractivity (Wildman–Crippen MR) is 35.5 cm³/mol. The van der Waals surface area contributed by atoms with Gasteiger partial charge in [-0.05, 0) is 12.3 Å². The molecule has 1 rings (SSSR count). The quantitative estimate of drug-likeness (QED) is 0.458. The molecule has 0 atom stereocenters. The van der Waals surface area contributed by atoms with Gasteiger partial charge < -0.3 is 5.32 Å². The minimum Gasteiger partial charge on any atom is -0.662 e. The highest BCUT2D eigenvalue weighted by atomic mass is 14.9. The van der Waals surface area contributed by atoms with E-state index in [1.54, 1.807) is 0 Å². The largest absolute Gasteiger partial charge is 0.662 e. The lowest BCUT2D eigenvalue weighted by Gasteiger charge is -2.29. The van der Waals surface area contributed by atoms with E-state index >= 15 is 0 Å². The van der Waals surface area contributed by atoms with Crippen LogP contribution in [0.3, 0.4) is 0 Å². The summed E-state index contributed by atoms with van der Waals surface area (Å²) in [6, 6.07) is 0. The van der Waals surface area contributed by atoms with Gasteiger partial charge in [0.25, 0.3) is 0 Å². The molecule has 0 aliphatic carbocycles. The van der Waals surface area contributed by atoms with Crippen LogP contribution in [0.25, 0.3) is 5.32 Å². The molecule has 1 heteroatoms. The Morgan fingerprint density at radius 2 is 2.50 bits per heavy atom. The molecule has 0 aromatic rings. The summed E-state index contributed by atoms with van der Waals surface area (Å²) in [6.45, 7) is 5.87. The van der Waals surface area contributed by atoms with Crippen LogP contribution in [0.5, 0.6) is 0 Å². The first-order valence-corrected chi connectivity index (χ1v) is 3.19. The Bertz CT molecular complexity index is 55.4. The molecule has 1 nitrogen and oxygen atoms in total. The van der Waals surface area contributed by atoms with Crippen LogP contribution in [0.15, 0.2) is 0 Å². The Balaban J connectivity index is 2.13. The molecule has 1 heterocycles. The van der Waals surface area contributed by atoms with Gasteiger partial charge in [-0.2, -0.15) is 0 Å². The lowest BCUT2D eigenvalue weighted by Crippen LogP contribution is -2.09. The maximum absolute atomic E-state index is 4.25. The molecule has 0 amide bonds. The first-order valence-electron chi connectivity index (χ1n) is 3.19. The fourth-order valence-corrected chi connectivity index (χ4v) is 0.961. The summed E-state index contributed by atoms with van der Waals surface area (Å²) < 4.78 is 0. The fraction of sp³-hybridized carbons (Fsp3) is 0.714. The number of hydrogen-bond acceptors (Lipinski definition) is 0. The molecule has 0 aromatic heterocycles. The summed E-state index contributed by atoms with van der Waals surface area (Å²) >= 11 is 0. The van der Waals surface area contributed by atoms with Gasteiger partial charge in [0.05, 0.1) is 13.3 Å². The van der Waals surface area contributed by atoms with Crippen molar-refractivity contribution in [3.05, 3.63) is 18.2 Å². The van der Waals surface area contributed by atoms with Crippen molar-refractivity contribution in [3.8, 4) is 0 Å². The highest BCUT2D eigenvalue weighted by Crippen LogP contribution is 2.20. The normalized spacial score (nSPS) is 23.5. The molecular formula is C7H12N. The van der Waals surface area contributed by atoms with Crippen molar-refractivity contribution in [1.82, 2.24) is 0 Å². The molecule has 0 aromatic carbocycles. The number of nitrogens with zero attached hydrogens (tertiary/aromatic N) is 1. The lowest BCUT2D eigenvalue weighted by molar-refractivity contribution is 0.678. The summed E-state index contributed by atoms with van der Waals surface area (Å²) in [7, 11) is 0. The van der Waals surface area contributed by atoms with E-state index in [-0.39, 0.29) is 0 Å². The van der Waals surface area contributed by atoms with Crippen molar-refractivity contribution in [1.29, 1.82) is 0 Å². The Kier molecular flexibility index (Phi) is 2.22. The second-order valence-electron chi connectivity index (χ2n) is 2.21. The van der Waals surface area contributed by atoms with E-state index in [4.69, 9.17) is 0 Å². The van der Waals surface area contributed by atoms with Crippen LogP contribution in [0.2, 0.25) is 0 Å². The monoisotopic (exact) mass is 110 g/mol. The molecule has 1 radical (unpaired) electrons. The molecule has 0 unspecified atom stereocenters. The molecule has 1 aliphatic heterocycles. The zero-order valence-electron chi connectivity index (χ0n) is 5.19. The number of hydrogen-bond donors (Lipinski definition) is 0. The molecule has 0 N–H and O–H groups in total. The van der Waals surface area contributed by atoms with E-state index in [1.807, 2.05) is 0 Å². The van der Waals surface area contributed by atoms with Gasteiger partial charge in [0.15, 0.2) is 0 Å². The van der Waals surface area contributed by atoms with Crippen LogP contribution >= 0.6 is 0 Å². The standard InChI is InChI=1S/C7H12N/c1-2-7-4-3-5-8-6-7/h1-6H2. The Morgan fingerprint density at radius 3 is 2.88 bits per heavy atom. The van der Waals surface area contributed by atoms with Crippen molar-refractivity contribution >= 4 is 0 Å². The van der Waals surface area contributed by atoms with E-state index in [0.717, 1.165) is 19.5 Å². The van der Waals surface area contributed by atoms with E-state index in [1.165, 1.54) is 18.8 Å². The first-order chi connectivity index (χ1) is 3.93. The maximum Gasteiger partial charge on any atom is 0.0896 e. The summed E-state index contributed by atoms with van der Waals surface area (Å²) in [6.07, 6.45) is 3.52. The second-order valence-corrected chi connectivity index (χ2v) is 2.21. The summed E-state index contributed by atoms with van der Waals surface area (Å²) in [5, 5.41) is 4.25. The van der Waals surface area contributed by atoms with E-state index < -0.39 is 0 Å². The third kappa shape index (κ3) is 1.41. The summed E-state index contributed by atoms with van der Waals surface area (Å²) in [4.78, 5) is 0.